The second kappa shape index (κ2) is 5.31. The van der Waals surface area contributed by atoms with Gasteiger partial charge in [-0.2, -0.15) is 4.98 Å². The SMILES string of the molecule is COc1cncc(N2CCCC(C(C)N)C2)n1. The van der Waals surface area contributed by atoms with Crippen LogP contribution in [0.2, 0.25) is 0 Å². The fraction of sp³-hybridized carbons (Fsp3) is 0.667. The second-order valence-electron chi connectivity index (χ2n) is 4.63. The minimum absolute atomic E-state index is 0.233. The van der Waals surface area contributed by atoms with Crippen LogP contribution in [0.5, 0.6) is 5.88 Å². The third kappa shape index (κ3) is 2.85. The standard InChI is InChI=1S/C12H20N4O/c1-9(13)10-4-3-5-16(8-10)11-6-14-7-12(15-11)17-2/h6-7,9-10H,3-5,8,13H2,1-2H3. The number of nitrogens with two attached hydrogens (primary N) is 1. The van der Waals surface area contributed by atoms with Gasteiger partial charge in [0.05, 0.1) is 19.5 Å². The van der Waals surface area contributed by atoms with Crippen molar-refractivity contribution in [2.24, 2.45) is 11.7 Å². The van der Waals surface area contributed by atoms with Gasteiger partial charge >= 0.3 is 0 Å². The van der Waals surface area contributed by atoms with Crippen LogP contribution in [0.3, 0.4) is 0 Å². The normalized spacial score (nSPS) is 22.3. The molecule has 1 aliphatic rings. The van der Waals surface area contributed by atoms with Crippen LogP contribution in [0.15, 0.2) is 12.4 Å². The van der Waals surface area contributed by atoms with E-state index >= 15 is 0 Å². The van der Waals surface area contributed by atoms with Crippen molar-refractivity contribution in [3.8, 4) is 5.88 Å². The summed E-state index contributed by atoms with van der Waals surface area (Å²) >= 11 is 0. The van der Waals surface area contributed by atoms with E-state index in [0.717, 1.165) is 25.3 Å². The summed E-state index contributed by atoms with van der Waals surface area (Å²) in [5.74, 6) is 1.98. The molecule has 0 aromatic carbocycles. The van der Waals surface area contributed by atoms with Crippen molar-refractivity contribution < 1.29 is 4.74 Å². The van der Waals surface area contributed by atoms with Crippen LogP contribution in [0, 0.1) is 5.92 Å². The molecule has 1 saturated heterocycles. The Labute approximate surface area is 102 Å². The summed E-state index contributed by atoms with van der Waals surface area (Å²) in [6.45, 7) is 4.05. The Balaban J connectivity index is 2.10. The van der Waals surface area contributed by atoms with Gasteiger partial charge in [-0.3, -0.25) is 4.98 Å². The van der Waals surface area contributed by atoms with Crippen LogP contribution in [0.4, 0.5) is 5.82 Å². The zero-order valence-corrected chi connectivity index (χ0v) is 10.5. The Bertz CT molecular complexity index is 369. The zero-order valence-electron chi connectivity index (χ0n) is 10.5. The predicted molar refractivity (Wildman–Crippen MR) is 67.2 cm³/mol. The monoisotopic (exact) mass is 236 g/mol. The van der Waals surface area contributed by atoms with Gasteiger partial charge in [0.25, 0.3) is 0 Å². The lowest BCUT2D eigenvalue weighted by Crippen LogP contribution is -2.42. The summed E-state index contributed by atoms with van der Waals surface area (Å²) in [6, 6.07) is 0.233. The number of ether oxygens (including phenoxy) is 1. The highest BCUT2D eigenvalue weighted by Crippen LogP contribution is 2.23. The zero-order chi connectivity index (χ0) is 12.3. The molecular formula is C12H20N4O. The van der Waals surface area contributed by atoms with Gasteiger partial charge in [0.1, 0.15) is 0 Å². The fourth-order valence-corrected chi connectivity index (χ4v) is 2.24. The molecule has 1 fully saturated rings. The molecule has 2 unspecified atom stereocenters. The second-order valence-corrected chi connectivity index (χ2v) is 4.63. The molecule has 2 atom stereocenters. The summed E-state index contributed by atoms with van der Waals surface area (Å²) in [7, 11) is 1.61. The maximum absolute atomic E-state index is 5.98. The molecule has 94 valence electrons. The summed E-state index contributed by atoms with van der Waals surface area (Å²) in [5.41, 5.74) is 5.98. The molecule has 5 heteroatoms. The molecule has 0 saturated carbocycles. The molecule has 1 aliphatic heterocycles. The molecule has 2 heterocycles. The van der Waals surface area contributed by atoms with Crippen molar-refractivity contribution in [3.63, 3.8) is 0 Å². The Kier molecular flexibility index (Phi) is 3.78. The highest BCUT2D eigenvalue weighted by molar-refractivity contribution is 5.38. The first-order valence-electron chi connectivity index (χ1n) is 6.07. The van der Waals surface area contributed by atoms with E-state index in [9.17, 15) is 0 Å². The van der Waals surface area contributed by atoms with Crippen LogP contribution in [0.25, 0.3) is 0 Å². The number of hydrogen-bond acceptors (Lipinski definition) is 5. The summed E-state index contributed by atoms with van der Waals surface area (Å²) in [5, 5.41) is 0. The van der Waals surface area contributed by atoms with E-state index in [-0.39, 0.29) is 6.04 Å². The van der Waals surface area contributed by atoms with Crippen molar-refractivity contribution in [2.75, 3.05) is 25.1 Å². The van der Waals surface area contributed by atoms with Crippen molar-refractivity contribution in [3.05, 3.63) is 12.4 Å². The van der Waals surface area contributed by atoms with Crippen molar-refractivity contribution in [1.29, 1.82) is 0 Å². The average molecular weight is 236 g/mol. The maximum atomic E-state index is 5.98. The molecule has 2 rings (SSSR count). The van der Waals surface area contributed by atoms with Gasteiger partial charge in [-0.05, 0) is 25.7 Å². The first-order chi connectivity index (χ1) is 8.20. The minimum atomic E-state index is 0.233. The van der Waals surface area contributed by atoms with E-state index in [1.165, 1.54) is 6.42 Å². The molecule has 1 aromatic heterocycles. The van der Waals surface area contributed by atoms with Gasteiger partial charge in [0.2, 0.25) is 5.88 Å². The van der Waals surface area contributed by atoms with Crippen molar-refractivity contribution in [2.45, 2.75) is 25.8 Å². The first kappa shape index (κ1) is 12.1. The average Bonchev–Trinajstić information content (AvgIpc) is 2.39. The van der Waals surface area contributed by atoms with E-state index in [2.05, 4.69) is 21.8 Å². The Morgan fingerprint density at radius 3 is 3.06 bits per heavy atom. The molecule has 0 amide bonds. The smallest absolute Gasteiger partial charge is 0.233 e. The largest absolute Gasteiger partial charge is 0.480 e. The lowest BCUT2D eigenvalue weighted by Gasteiger charge is -2.35. The molecular weight excluding hydrogens is 216 g/mol. The number of hydrogen-bond donors (Lipinski definition) is 1. The summed E-state index contributed by atoms with van der Waals surface area (Å²) < 4.78 is 5.09. The molecule has 0 radical (unpaired) electrons. The van der Waals surface area contributed by atoms with Crippen molar-refractivity contribution in [1.82, 2.24) is 9.97 Å². The van der Waals surface area contributed by atoms with E-state index in [0.29, 0.717) is 11.8 Å². The number of rotatable bonds is 3. The number of methoxy groups -OCH3 is 1. The fourth-order valence-electron chi connectivity index (χ4n) is 2.24. The lowest BCUT2D eigenvalue weighted by atomic mass is 9.92. The Morgan fingerprint density at radius 1 is 1.53 bits per heavy atom. The molecule has 5 nitrogen and oxygen atoms in total. The number of nitrogens with zero attached hydrogens (tertiary/aromatic N) is 3. The molecule has 1 aromatic rings. The van der Waals surface area contributed by atoms with E-state index in [4.69, 9.17) is 10.5 Å². The van der Waals surface area contributed by atoms with Crippen molar-refractivity contribution >= 4 is 5.82 Å². The van der Waals surface area contributed by atoms with Gasteiger partial charge in [0, 0.05) is 19.1 Å². The maximum Gasteiger partial charge on any atom is 0.233 e. The summed E-state index contributed by atoms with van der Waals surface area (Å²) in [4.78, 5) is 10.8. The van der Waals surface area contributed by atoms with Crippen LogP contribution in [0.1, 0.15) is 19.8 Å². The Hall–Kier alpha value is -1.36. The van der Waals surface area contributed by atoms with Crippen LogP contribution in [-0.2, 0) is 0 Å². The third-order valence-electron chi connectivity index (χ3n) is 3.33. The van der Waals surface area contributed by atoms with Gasteiger partial charge in [0.15, 0.2) is 5.82 Å². The highest BCUT2D eigenvalue weighted by Gasteiger charge is 2.23. The highest BCUT2D eigenvalue weighted by atomic mass is 16.5. The molecule has 0 spiro atoms. The predicted octanol–water partition coefficient (Wildman–Crippen LogP) is 1.05. The number of piperidine rings is 1. The molecule has 0 bridgehead atoms. The quantitative estimate of drug-likeness (QED) is 0.849. The van der Waals surface area contributed by atoms with Gasteiger partial charge in [-0.25, -0.2) is 0 Å². The van der Waals surface area contributed by atoms with E-state index in [1.54, 1.807) is 19.5 Å². The van der Waals surface area contributed by atoms with Crippen LogP contribution >= 0.6 is 0 Å². The van der Waals surface area contributed by atoms with Gasteiger partial charge in [-0.15, -0.1) is 0 Å². The molecule has 2 N–H and O–H groups in total. The van der Waals surface area contributed by atoms with Gasteiger partial charge in [-0.1, -0.05) is 0 Å². The van der Waals surface area contributed by atoms with Gasteiger partial charge < -0.3 is 15.4 Å². The van der Waals surface area contributed by atoms with Crippen LogP contribution in [-0.4, -0.2) is 36.2 Å². The molecule has 17 heavy (non-hydrogen) atoms. The van der Waals surface area contributed by atoms with Crippen LogP contribution < -0.4 is 15.4 Å². The number of anilines is 1. The van der Waals surface area contributed by atoms with E-state index < -0.39 is 0 Å². The minimum Gasteiger partial charge on any atom is -0.480 e. The lowest BCUT2D eigenvalue weighted by molar-refractivity contribution is 0.360. The Morgan fingerprint density at radius 2 is 2.35 bits per heavy atom. The first-order valence-corrected chi connectivity index (χ1v) is 6.07. The van der Waals surface area contributed by atoms with E-state index in [1.807, 2.05) is 0 Å². The molecule has 0 aliphatic carbocycles. The third-order valence-corrected chi connectivity index (χ3v) is 3.33. The number of aromatic nitrogens is 2. The summed E-state index contributed by atoms with van der Waals surface area (Å²) in [6.07, 6.45) is 5.76. The topological polar surface area (TPSA) is 64.3 Å².